The summed E-state index contributed by atoms with van der Waals surface area (Å²) >= 11 is 7.46. The van der Waals surface area contributed by atoms with Crippen LogP contribution in [0, 0.1) is 5.41 Å². The van der Waals surface area contributed by atoms with Crippen molar-refractivity contribution in [3.05, 3.63) is 74.3 Å². The summed E-state index contributed by atoms with van der Waals surface area (Å²) in [6, 6.07) is 9.98. The van der Waals surface area contributed by atoms with Crippen LogP contribution in [0.4, 0.5) is 5.82 Å². The molecule has 0 saturated heterocycles. The van der Waals surface area contributed by atoms with E-state index in [0.717, 1.165) is 4.88 Å². The van der Waals surface area contributed by atoms with Crippen LogP contribution in [0.1, 0.15) is 41.1 Å². The first-order valence-electron chi connectivity index (χ1n) is 10.4. The Hall–Kier alpha value is -3.50. The molecular formula is C23H22ClN5O4S. The molecule has 9 nitrogen and oxygen atoms in total. The van der Waals surface area contributed by atoms with Gasteiger partial charge in [0.05, 0.1) is 29.3 Å². The van der Waals surface area contributed by atoms with E-state index < -0.39 is 16.8 Å². The van der Waals surface area contributed by atoms with Crippen molar-refractivity contribution in [3.8, 4) is 11.4 Å². The van der Waals surface area contributed by atoms with Gasteiger partial charge < -0.3 is 9.73 Å². The predicted octanol–water partition coefficient (Wildman–Crippen LogP) is 4.60. The highest BCUT2D eigenvalue weighted by Crippen LogP contribution is 2.27. The quantitative estimate of drug-likeness (QED) is 0.370. The molecule has 0 bridgehead atoms. The Bertz CT molecular complexity index is 1400. The maximum atomic E-state index is 13.1. The molecule has 11 heteroatoms. The molecule has 4 aromatic rings. The second-order valence-electron chi connectivity index (χ2n) is 8.54. The van der Waals surface area contributed by atoms with E-state index in [4.69, 9.17) is 16.0 Å². The SMILES string of the molecule is CC(C)(C)C(=O)n1nc(-c2cccc(=O)n2CC(=O)c2ncco2)cc1NCc1ccc(Cl)s1. The molecule has 1 N–H and O–H groups in total. The number of oxazole rings is 1. The second kappa shape index (κ2) is 9.40. The number of rotatable bonds is 7. The van der Waals surface area contributed by atoms with Crippen molar-refractivity contribution in [3.63, 3.8) is 0 Å². The minimum Gasteiger partial charge on any atom is -0.442 e. The zero-order valence-electron chi connectivity index (χ0n) is 18.7. The third-order valence-corrected chi connectivity index (χ3v) is 6.13. The normalized spacial score (nSPS) is 11.5. The van der Waals surface area contributed by atoms with Gasteiger partial charge in [0, 0.05) is 22.4 Å². The number of carbonyl (C=O) groups is 2. The lowest BCUT2D eigenvalue weighted by molar-refractivity contribution is 0.0752. The number of hydrogen-bond acceptors (Lipinski definition) is 8. The first-order valence-corrected chi connectivity index (χ1v) is 11.6. The Kier molecular flexibility index (Phi) is 6.54. The maximum absolute atomic E-state index is 13.1. The summed E-state index contributed by atoms with van der Waals surface area (Å²) in [4.78, 5) is 43.2. The van der Waals surface area contributed by atoms with Gasteiger partial charge in [-0.1, -0.05) is 38.4 Å². The van der Waals surface area contributed by atoms with Crippen molar-refractivity contribution in [2.75, 3.05) is 5.32 Å². The van der Waals surface area contributed by atoms with Gasteiger partial charge in [0.25, 0.3) is 17.4 Å². The Labute approximate surface area is 204 Å². The fourth-order valence-electron chi connectivity index (χ4n) is 3.21. The van der Waals surface area contributed by atoms with Gasteiger partial charge in [0.1, 0.15) is 17.8 Å². The minimum absolute atomic E-state index is 0.0906. The van der Waals surface area contributed by atoms with Crippen LogP contribution in [0.25, 0.3) is 11.4 Å². The van der Waals surface area contributed by atoms with Gasteiger partial charge in [-0.3, -0.25) is 19.0 Å². The third kappa shape index (κ3) is 5.02. The predicted molar refractivity (Wildman–Crippen MR) is 129 cm³/mol. The van der Waals surface area contributed by atoms with Crippen LogP contribution in [0.3, 0.4) is 0 Å². The molecule has 0 aromatic carbocycles. The Morgan fingerprint density at radius 2 is 2.00 bits per heavy atom. The van der Waals surface area contributed by atoms with E-state index in [9.17, 15) is 14.4 Å². The van der Waals surface area contributed by atoms with Crippen LogP contribution in [-0.2, 0) is 13.1 Å². The fourth-order valence-corrected chi connectivity index (χ4v) is 4.24. The first-order chi connectivity index (χ1) is 16.1. The smallest absolute Gasteiger partial charge is 0.264 e. The van der Waals surface area contributed by atoms with Gasteiger partial charge in [0.2, 0.25) is 5.78 Å². The molecule has 176 valence electrons. The molecule has 0 radical (unpaired) electrons. The number of hydrogen-bond donors (Lipinski definition) is 1. The largest absolute Gasteiger partial charge is 0.442 e. The number of carbonyl (C=O) groups excluding carboxylic acids is 2. The number of nitrogens with one attached hydrogen (secondary N) is 1. The summed E-state index contributed by atoms with van der Waals surface area (Å²) in [5.41, 5.74) is -0.349. The van der Waals surface area contributed by atoms with E-state index in [0.29, 0.717) is 28.1 Å². The summed E-state index contributed by atoms with van der Waals surface area (Å²) < 4.78 is 8.30. The van der Waals surface area contributed by atoms with Crippen LogP contribution in [-0.4, -0.2) is 31.0 Å². The molecule has 0 amide bonds. The molecule has 4 heterocycles. The monoisotopic (exact) mass is 499 g/mol. The second-order valence-corrected chi connectivity index (χ2v) is 10.3. The average molecular weight is 500 g/mol. The molecule has 4 rings (SSSR count). The molecule has 0 aliphatic rings. The van der Waals surface area contributed by atoms with Gasteiger partial charge >= 0.3 is 0 Å². The lowest BCUT2D eigenvalue weighted by Crippen LogP contribution is -2.29. The van der Waals surface area contributed by atoms with Crippen LogP contribution in [0.5, 0.6) is 0 Å². The van der Waals surface area contributed by atoms with Crippen molar-refractivity contribution < 1.29 is 14.0 Å². The minimum atomic E-state index is -0.705. The van der Waals surface area contributed by atoms with E-state index in [2.05, 4.69) is 15.4 Å². The molecule has 4 aromatic heterocycles. The van der Waals surface area contributed by atoms with Crippen molar-refractivity contribution in [2.24, 2.45) is 5.41 Å². The molecule has 34 heavy (non-hydrogen) atoms. The first kappa shape index (κ1) is 23.7. The highest BCUT2D eigenvalue weighted by molar-refractivity contribution is 7.16. The van der Waals surface area contributed by atoms with Crippen LogP contribution < -0.4 is 10.9 Å². The van der Waals surface area contributed by atoms with Crippen molar-refractivity contribution in [1.82, 2.24) is 19.3 Å². The fraction of sp³-hybridized carbons (Fsp3) is 0.261. The molecule has 0 spiro atoms. The number of anilines is 1. The number of nitrogens with zero attached hydrogens (tertiary/aromatic N) is 4. The molecule has 0 saturated carbocycles. The lowest BCUT2D eigenvalue weighted by Gasteiger charge is -2.18. The standard InChI is InChI=1S/C23H22ClN5O4S/c1-23(2,3)22(32)29-19(26-12-14-7-8-18(24)34-14)11-15(27-29)16-5-4-6-20(31)28(16)13-17(30)21-25-9-10-33-21/h4-11,26H,12-13H2,1-3H3. The van der Waals surface area contributed by atoms with E-state index in [-0.39, 0.29) is 18.3 Å². The Balaban J connectivity index is 1.73. The van der Waals surface area contributed by atoms with Gasteiger partial charge in [-0.25, -0.2) is 4.98 Å². The van der Waals surface area contributed by atoms with Crippen LogP contribution in [0.2, 0.25) is 4.34 Å². The highest BCUT2D eigenvalue weighted by Gasteiger charge is 2.27. The van der Waals surface area contributed by atoms with Crippen LogP contribution >= 0.6 is 22.9 Å². The topological polar surface area (TPSA) is 112 Å². The summed E-state index contributed by atoms with van der Waals surface area (Å²) in [5.74, 6) is -0.322. The number of halogens is 1. The number of aromatic nitrogens is 4. The molecule has 0 aliphatic heterocycles. The maximum Gasteiger partial charge on any atom is 0.264 e. The lowest BCUT2D eigenvalue weighted by atomic mass is 9.96. The van der Waals surface area contributed by atoms with E-state index in [1.54, 1.807) is 45.0 Å². The number of thiophene rings is 1. The molecular weight excluding hydrogens is 478 g/mol. The van der Waals surface area contributed by atoms with Gasteiger partial charge in [-0.2, -0.15) is 9.78 Å². The summed E-state index contributed by atoms with van der Waals surface area (Å²) in [6.45, 7) is 5.54. The van der Waals surface area contributed by atoms with E-state index >= 15 is 0 Å². The number of pyridine rings is 1. The summed E-state index contributed by atoms with van der Waals surface area (Å²) in [6.07, 6.45) is 2.65. The Morgan fingerprint density at radius 3 is 2.65 bits per heavy atom. The van der Waals surface area contributed by atoms with Crippen molar-refractivity contribution >= 4 is 40.4 Å². The molecule has 0 aliphatic carbocycles. The van der Waals surface area contributed by atoms with Crippen molar-refractivity contribution in [2.45, 2.75) is 33.9 Å². The van der Waals surface area contributed by atoms with Crippen molar-refractivity contribution in [1.29, 1.82) is 0 Å². The van der Waals surface area contributed by atoms with Gasteiger partial charge in [0.15, 0.2) is 0 Å². The van der Waals surface area contributed by atoms with E-state index in [1.807, 2.05) is 6.07 Å². The van der Waals surface area contributed by atoms with Gasteiger partial charge in [-0.05, 0) is 18.2 Å². The average Bonchev–Trinajstić information content (AvgIpc) is 3.53. The zero-order chi connectivity index (χ0) is 24.5. The van der Waals surface area contributed by atoms with Gasteiger partial charge in [-0.15, -0.1) is 11.3 Å². The van der Waals surface area contributed by atoms with E-state index in [1.165, 1.54) is 39.1 Å². The number of ketones is 1. The summed E-state index contributed by atoms with van der Waals surface area (Å²) in [5, 5.41) is 7.74. The molecule has 0 fully saturated rings. The zero-order valence-corrected chi connectivity index (χ0v) is 20.3. The summed E-state index contributed by atoms with van der Waals surface area (Å²) in [7, 11) is 0. The molecule has 0 atom stereocenters. The highest BCUT2D eigenvalue weighted by atomic mass is 35.5. The Morgan fingerprint density at radius 1 is 1.21 bits per heavy atom. The molecule has 0 unspecified atom stereocenters. The third-order valence-electron chi connectivity index (χ3n) is 4.90. The van der Waals surface area contributed by atoms with Crippen LogP contribution in [0.15, 0.2) is 58.1 Å². The number of Topliss-reactive ketones (excluding diaryl/α,β-unsaturated/α-hetero) is 1.